The molecule has 2 amide bonds. The number of carbonyl (C=O) groups excluding carboxylic acids is 2. The van der Waals surface area contributed by atoms with Gasteiger partial charge in [0.15, 0.2) is 0 Å². The van der Waals surface area contributed by atoms with Crippen molar-refractivity contribution in [1.82, 2.24) is 19.8 Å². The van der Waals surface area contributed by atoms with E-state index >= 15 is 0 Å². The van der Waals surface area contributed by atoms with Gasteiger partial charge in [0.25, 0.3) is 0 Å². The molecule has 6 heteroatoms. The summed E-state index contributed by atoms with van der Waals surface area (Å²) >= 11 is 0. The molecule has 2 rings (SSSR count). The Labute approximate surface area is 125 Å². The van der Waals surface area contributed by atoms with Crippen LogP contribution in [-0.2, 0) is 16.1 Å². The lowest BCUT2D eigenvalue weighted by molar-refractivity contribution is -0.153. The number of imidazole rings is 1. The Morgan fingerprint density at radius 2 is 1.95 bits per heavy atom. The number of nitrogens with one attached hydrogen (secondary N) is 1. The standard InChI is InChI=1S/C15H24N4O2/c1-10-14(21)19(9-8-18-7-6-16-11(18)2)12(13(20)17-10)15(3,4)5/h6-7,10,12H,8-9H2,1-5H3,(H,17,20). The largest absolute Gasteiger partial charge is 0.343 e. The Hall–Kier alpha value is -1.85. The molecular formula is C15H24N4O2. The van der Waals surface area contributed by atoms with E-state index in [1.165, 1.54) is 0 Å². The molecule has 2 atom stereocenters. The van der Waals surface area contributed by atoms with Crippen LogP contribution in [0.3, 0.4) is 0 Å². The highest BCUT2D eigenvalue weighted by Gasteiger charge is 2.44. The molecule has 1 aromatic heterocycles. The van der Waals surface area contributed by atoms with Crippen LogP contribution in [0, 0.1) is 12.3 Å². The molecule has 21 heavy (non-hydrogen) atoms. The summed E-state index contributed by atoms with van der Waals surface area (Å²) < 4.78 is 1.99. The predicted molar refractivity (Wildman–Crippen MR) is 79.5 cm³/mol. The van der Waals surface area contributed by atoms with Gasteiger partial charge in [-0.15, -0.1) is 0 Å². The summed E-state index contributed by atoms with van der Waals surface area (Å²) in [4.78, 5) is 30.7. The lowest BCUT2D eigenvalue weighted by Crippen LogP contribution is -2.66. The third-order valence-electron chi connectivity index (χ3n) is 3.90. The van der Waals surface area contributed by atoms with Crippen LogP contribution in [0.15, 0.2) is 12.4 Å². The van der Waals surface area contributed by atoms with Crippen molar-refractivity contribution in [3.63, 3.8) is 0 Å². The zero-order chi connectivity index (χ0) is 15.8. The lowest BCUT2D eigenvalue weighted by atomic mass is 9.83. The van der Waals surface area contributed by atoms with Crippen LogP contribution < -0.4 is 5.32 Å². The molecule has 2 heterocycles. The first kappa shape index (κ1) is 15.5. The number of amides is 2. The van der Waals surface area contributed by atoms with Gasteiger partial charge in [0.1, 0.15) is 17.9 Å². The Bertz CT molecular complexity index is 544. The van der Waals surface area contributed by atoms with Gasteiger partial charge in [0.05, 0.1) is 0 Å². The van der Waals surface area contributed by atoms with Crippen LogP contribution in [0.4, 0.5) is 0 Å². The van der Waals surface area contributed by atoms with Crippen LogP contribution in [-0.4, -0.2) is 44.9 Å². The summed E-state index contributed by atoms with van der Waals surface area (Å²) in [5.74, 6) is 0.813. The van der Waals surface area contributed by atoms with Crippen molar-refractivity contribution in [2.75, 3.05) is 6.54 Å². The molecule has 1 aromatic rings. The van der Waals surface area contributed by atoms with Crippen LogP contribution in [0.2, 0.25) is 0 Å². The second-order valence-electron chi connectivity index (χ2n) is 6.70. The van der Waals surface area contributed by atoms with Gasteiger partial charge >= 0.3 is 0 Å². The maximum Gasteiger partial charge on any atom is 0.245 e. The number of aromatic nitrogens is 2. The van der Waals surface area contributed by atoms with E-state index in [4.69, 9.17) is 0 Å². The smallest absolute Gasteiger partial charge is 0.245 e. The number of aryl methyl sites for hydroxylation is 1. The molecule has 116 valence electrons. The van der Waals surface area contributed by atoms with Crippen molar-refractivity contribution in [3.05, 3.63) is 18.2 Å². The number of hydrogen-bond acceptors (Lipinski definition) is 3. The SMILES string of the molecule is Cc1nccn1CCN1C(=O)C(C)NC(=O)C1C(C)(C)C. The van der Waals surface area contributed by atoms with E-state index in [9.17, 15) is 9.59 Å². The Balaban J connectivity index is 2.20. The lowest BCUT2D eigenvalue weighted by Gasteiger charge is -2.44. The fraction of sp³-hybridized carbons (Fsp3) is 0.667. The molecule has 0 aliphatic carbocycles. The van der Waals surface area contributed by atoms with Crippen molar-refractivity contribution in [2.24, 2.45) is 5.41 Å². The first-order valence-electron chi connectivity index (χ1n) is 7.30. The molecule has 0 bridgehead atoms. The fourth-order valence-electron chi connectivity index (χ4n) is 2.83. The van der Waals surface area contributed by atoms with Gasteiger partial charge in [0, 0.05) is 25.5 Å². The Kier molecular flexibility index (Phi) is 4.07. The van der Waals surface area contributed by atoms with Gasteiger partial charge in [-0.05, 0) is 19.3 Å². The highest BCUT2D eigenvalue weighted by Crippen LogP contribution is 2.27. The molecule has 1 fully saturated rings. The summed E-state index contributed by atoms with van der Waals surface area (Å²) in [6.45, 7) is 10.8. The molecule has 0 aromatic carbocycles. The topological polar surface area (TPSA) is 67.2 Å². The quantitative estimate of drug-likeness (QED) is 0.902. The monoisotopic (exact) mass is 292 g/mol. The van der Waals surface area contributed by atoms with E-state index < -0.39 is 12.1 Å². The maximum atomic E-state index is 12.5. The molecule has 0 saturated carbocycles. The third-order valence-corrected chi connectivity index (χ3v) is 3.90. The summed E-state index contributed by atoms with van der Waals surface area (Å²) in [6, 6.07) is -0.898. The van der Waals surface area contributed by atoms with Gasteiger partial charge in [0.2, 0.25) is 11.8 Å². The molecule has 1 aliphatic rings. The van der Waals surface area contributed by atoms with Gasteiger partial charge < -0.3 is 14.8 Å². The zero-order valence-electron chi connectivity index (χ0n) is 13.4. The number of carbonyl (C=O) groups is 2. The number of hydrogen-bond donors (Lipinski definition) is 1. The Morgan fingerprint density at radius 1 is 1.29 bits per heavy atom. The highest BCUT2D eigenvalue weighted by molar-refractivity contribution is 5.97. The summed E-state index contributed by atoms with van der Waals surface area (Å²) in [5, 5.41) is 2.77. The Morgan fingerprint density at radius 3 is 2.48 bits per heavy atom. The highest BCUT2D eigenvalue weighted by atomic mass is 16.2. The third kappa shape index (κ3) is 3.09. The molecule has 0 radical (unpaired) electrons. The zero-order valence-corrected chi connectivity index (χ0v) is 13.4. The minimum absolute atomic E-state index is 0.0210. The summed E-state index contributed by atoms with van der Waals surface area (Å²) in [7, 11) is 0. The van der Waals surface area contributed by atoms with E-state index in [2.05, 4.69) is 10.3 Å². The minimum Gasteiger partial charge on any atom is -0.343 e. The first-order chi connectivity index (χ1) is 9.71. The van der Waals surface area contributed by atoms with E-state index in [-0.39, 0.29) is 17.2 Å². The molecule has 1 saturated heterocycles. The van der Waals surface area contributed by atoms with Gasteiger partial charge in [-0.25, -0.2) is 4.98 Å². The van der Waals surface area contributed by atoms with Crippen molar-refractivity contribution in [3.8, 4) is 0 Å². The van der Waals surface area contributed by atoms with Gasteiger partial charge in [-0.2, -0.15) is 0 Å². The van der Waals surface area contributed by atoms with Gasteiger partial charge in [-0.1, -0.05) is 20.8 Å². The van der Waals surface area contributed by atoms with Crippen LogP contribution in [0.25, 0.3) is 0 Å². The predicted octanol–water partition coefficient (Wildman–Crippen LogP) is 0.953. The van der Waals surface area contributed by atoms with E-state index in [1.54, 1.807) is 18.0 Å². The molecule has 2 unspecified atom stereocenters. The van der Waals surface area contributed by atoms with E-state index in [0.717, 1.165) is 5.82 Å². The van der Waals surface area contributed by atoms with Crippen molar-refractivity contribution < 1.29 is 9.59 Å². The van der Waals surface area contributed by atoms with Crippen molar-refractivity contribution >= 4 is 11.8 Å². The van der Waals surface area contributed by atoms with Gasteiger partial charge in [-0.3, -0.25) is 9.59 Å². The minimum atomic E-state index is -0.458. The first-order valence-corrected chi connectivity index (χ1v) is 7.30. The van der Waals surface area contributed by atoms with E-state index in [0.29, 0.717) is 13.1 Å². The number of nitrogens with zero attached hydrogens (tertiary/aromatic N) is 3. The molecule has 1 N–H and O–H groups in total. The average molecular weight is 292 g/mol. The van der Waals surface area contributed by atoms with Crippen LogP contribution in [0.1, 0.15) is 33.5 Å². The molecule has 1 aliphatic heterocycles. The van der Waals surface area contributed by atoms with E-state index in [1.807, 2.05) is 38.5 Å². The number of piperazine rings is 1. The molecule has 0 spiro atoms. The van der Waals surface area contributed by atoms with Crippen LogP contribution >= 0.6 is 0 Å². The maximum absolute atomic E-state index is 12.5. The second kappa shape index (κ2) is 5.50. The fourth-order valence-corrected chi connectivity index (χ4v) is 2.83. The molecule has 6 nitrogen and oxygen atoms in total. The van der Waals surface area contributed by atoms with Crippen molar-refractivity contribution in [2.45, 2.75) is 53.2 Å². The summed E-state index contributed by atoms with van der Waals surface area (Å²) in [6.07, 6.45) is 3.63. The summed E-state index contributed by atoms with van der Waals surface area (Å²) in [5.41, 5.74) is -0.302. The van der Waals surface area contributed by atoms with Crippen molar-refractivity contribution in [1.29, 1.82) is 0 Å². The molecular weight excluding hydrogens is 268 g/mol. The normalized spacial score (nSPS) is 23.4. The average Bonchev–Trinajstić information content (AvgIpc) is 2.75. The number of rotatable bonds is 3. The second-order valence-corrected chi connectivity index (χ2v) is 6.70. The van der Waals surface area contributed by atoms with Crippen LogP contribution in [0.5, 0.6) is 0 Å².